The molecule has 0 saturated carbocycles. The molecule has 9 heteroatoms. The number of rotatable bonds is 6. The minimum absolute atomic E-state index is 0.142. The molecule has 0 atom stereocenters. The Kier molecular flexibility index (Phi) is 5.45. The summed E-state index contributed by atoms with van der Waals surface area (Å²) in [6.07, 6.45) is 1.65. The summed E-state index contributed by atoms with van der Waals surface area (Å²) in [7, 11) is 0. The molecule has 0 radical (unpaired) electrons. The maximum absolute atomic E-state index is 12.2. The van der Waals surface area contributed by atoms with Crippen molar-refractivity contribution in [3.63, 3.8) is 0 Å². The predicted octanol–water partition coefficient (Wildman–Crippen LogP) is 4.29. The monoisotopic (exact) mass is 409 g/mol. The smallest absolute Gasteiger partial charge is 0.277 e. The van der Waals surface area contributed by atoms with Crippen LogP contribution in [0.5, 0.6) is 0 Å². The van der Waals surface area contributed by atoms with Crippen LogP contribution in [0.1, 0.15) is 5.56 Å². The van der Waals surface area contributed by atoms with E-state index >= 15 is 0 Å². The summed E-state index contributed by atoms with van der Waals surface area (Å²) in [5.41, 5.74) is 3.64. The number of carbonyl (C=O) groups is 1. The molecule has 7 nitrogen and oxygen atoms in total. The second-order valence-electron chi connectivity index (χ2n) is 5.83. The quantitative estimate of drug-likeness (QED) is 0.475. The maximum Gasteiger partial charge on any atom is 0.277 e. The second-order valence-corrected chi connectivity index (χ2v) is 7.61. The van der Waals surface area contributed by atoms with Crippen molar-refractivity contribution in [2.45, 2.75) is 12.1 Å². The molecule has 1 amide bonds. The fourth-order valence-corrected chi connectivity index (χ4v) is 3.63. The Morgan fingerprint density at radius 1 is 1.14 bits per heavy atom. The molecular weight excluding hydrogens is 394 g/mol. The molecule has 1 aromatic carbocycles. The highest BCUT2D eigenvalue weighted by atomic mass is 32.2. The minimum Gasteiger partial charge on any atom is -0.410 e. The van der Waals surface area contributed by atoms with Gasteiger partial charge >= 0.3 is 0 Å². The van der Waals surface area contributed by atoms with Gasteiger partial charge in [-0.05, 0) is 19.1 Å². The van der Waals surface area contributed by atoms with Crippen molar-refractivity contribution in [3.05, 3.63) is 59.6 Å². The van der Waals surface area contributed by atoms with E-state index in [1.807, 2.05) is 48.7 Å². The highest BCUT2D eigenvalue weighted by Gasteiger charge is 2.13. The first kappa shape index (κ1) is 18.3. The van der Waals surface area contributed by atoms with Gasteiger partial charge in [-0.2, -0.15) is 0 Å². The standard InChI is InChI=1S/C19H15N5O2S2/c1-12-5-7-13(8-6-12)15-10-27-18(21-15)22-16(25)11-28-19-24-23-17(26-19)14-4-2-3-9-20-14/h2-10H,11H2,1H3,(H,21,22,25). The highest BCUT2D eigenvalue weighted by Crippen LogP contribution is 2.26. The van der Waals surface area contributed by atoms with Crippen LogP contribution in [-0.2, 0) is 4.79 Å². The van der Waals surface area contributed by atoms with E-state index in [4.69, 9.17) is 4.42 Å². The number of hydrogen-bond acceptors (Lipinski definition) is 8. The van der Waals surface area contributed by atoms with Gasteiger partial charge in [0.05, 0.1) is 11.4 Å². The normalized spacial score (nSPS) is 10.8. The van der Waals surface area contributed by atoms with Crippen molar-refractivity contribution in [1.82, 2.24) is 20.2 Å². The predicted molar refractivity (Wildman–Crippen MR) is 109 cm³/mol. The van der Waals surface area contributed by atoms with Gasteiger partial charge < -0.3 is 9.73 Å². The van der Waals surface area contributed by atoms with Gasteiger partial charge in [-0.3, -0.25) is 9.78 Å². The van der Waals surface area contributed by atoms with E-state index in [-0.39, 0.29) is 11.7 Å². The number of nitrogens with zero attached hydrogens (tertiary/aromatic N) is 4. The van der Waals surface area contributed by atoms with Gasteiger partial charge in [0.2, 0.25) is 5.91 Å². The number of carbonyl (C=O) groups excluding carboxylic acids is 1. The number of amides is 1. The van der Waals surface area contributed by atoms with E-state index < -0.39 is 0 Å². The summed E-state index contributed by atoms with van der Waals surface area (Å²) >= 11 is 2.55. The molecule has 28 heavy (non-hydrogen) atoms. The number of hydrogen-bond donors (Lipinski definition) is 1. The molecule has 140 valence electrons. The molecule has 0 bridgehead atoms. The summed E-state index contributed by atoms with van der Waals surface area (Å²) in [5, 5.41) is 13.5. The summed E-state index contributed by atoms with van der Waals surface area (Å²) in [4.78, 5) is 20.8. The third-order valence-corrected chi connectivity index (χ3v) is 5.29. The first-order chi connectivity index (χ1) is 13.7. The Morgan fingerprint density at radius 3 is 2.79 bits per heavy atom. The van der Waals surface area contributed by atoms with Gasteiger partial charge in [0.15, 0.2) is 5.13 Å². The molecule has 0 fully saturated rings. The topological polar surface area (TPSA) is 93.8 Å². The molecule has 0 saturated heterocycles. The lowest BCUT2D eigenvalue weighted by Crippen LogP contribution is -2.13. The Labute approximate surface area is 169 Å². The first-order valence-corrected chi connectivity index (χ1v) is 10.2. The van der Waals surface area contributed by atoms with Gasteiger partial charge in [-0.15, -0.1) is 21.5 Å². The van der Waals surface area contributed by atoms with E-state index in [9.17, 15) is 4.79 Å². The Balaban J connectivity index is 1.33. The van der Waals surface area contributed by atoms with Gasteiger partial charge in [0.1, 0.15) is 5.69 Å². The Bertz CT molecular complexity index is 1080. The zero-order valence-electron chi connectivity index (χ0n) is 14.8. The second kappa shape index (κ2) is 8.32. The zero-order valence-corrected chi connectivity index (χ0v) is 16.5. The lowest BCUT2D eigenvalue weighted by molar-refractivity contribution is -0.113. The van der Waals surface area contributed by atoms with Gasteiger partial charge in [0.25, 0.3) is 11.1 Å². The first-order valence-electron chi connectivity index (χ1n) is 8.37. The van der Waals surface area contributed by atoms with Gasteiger partial charge in [-0.1, -0.05) is 47.7 Å². The van der Waals surface area contributed by atoms with Crippen LogP contribution >= 0.6 is 23.1 Å². The molecule has 3 heterocycles. The van der Waals surface area contributed by atoms with Crippen LogP contribution in [0.4, 0.5) is 5.13 Å². The summed E-state index contributed by atoms with van der Waals surface area (Å²) in [6.45, 7) is 2.04. The average molecular weight is 409 g/mol. The molecular formula is C19H15N5O2S2. The van der Waals surface area contributed by atoms with Crippen molar-refractivity contribution in [3.8, 4) is 22.8 Å². The fraction of sp³-hybridized carbons (Fsp3) is 0.105. The van der Waals surface area contributed by atoms with Crippen molar-refractivity contribution in [2.75, 3.05) is 11.1 Å². The van der Waals surface area contributed by atoms with Crippen LogP contribution in [0.25, 0.3) is 22.8 Å². The van der Waals surface area contributed by atoms with Crippen LogP contribution in [-0.4, -0.2) is 31.8 Å². The molecule has 1 N–H and O–H groups in total. The van der Waals surface area contributed by atoms with Gasteiger partial charge in [0, 0.05) is 17.1 Å². The summed E-state index contributed by atoms with van der Waals surface area (Å²) < 4.78 is 5.53. The van der Waals surface area contributed by atoms with Crippen molar-refractivity contribution in [1.29, 1.82) is 0 Å². The number of thiazole rings is 1. The Hall–Kier alpha value is -3.04. The largest absolute Gasteiger partial charge is 0.410 e. The highest BCUT2D eigenvalue weighted by molar-refractivity contribution is 7.99. The van der Waals surface area contributed by atoms with Crippen LogP contribution in [0.3, 0.4) is 0 Å². The van der Waals surface area contributed by atoms with E-state index in [0.29, 0.717) is 21.9 Å². The average Bonchev–Trinajstić information content (AvgIpc) is 3.37. The third-order valence-electron chi connectivity index (χ3n) is 3.72. The summed E-state index contributed by atoms with van der Waals surface area (Å²) in [6, 6.07) is 13.5. The lowest BCUT2D eigenvalue weighted by atomic mass is 10.1. The number of pyridine rings is 1. The molecule has 4 aromatic rings. The molecule has 0 aliphatic heterocycles. The van der Waals surface area contributed by atoms with E-state index in [1.165, 1.54) is 16.9 Å². The van der Waals surface area contributed by atoms with E-state index in [2.05, 4.69) is 25.5 Å². The number of benzene rings is 1. The van der Waals surface area contributed by atoms with Gasteiger partial charge in [-0.25, -0.2) is 4.98 Å². The zero-order chi connectivity index (χ0) is 19.3. The lowest BCUT2D eigenvalue weighted by Gasteiger charge is -2.00. The Morgan fingerprint density at radius 2 is 2.00 bits per heavy atom. The summed E-state index contributed by atoms with van der Waals surface area (Å²) in [5.74, 6) is 0.280. The number of aromatic nitrogens is 4. The van der Waals surface area contributed by atoms with Crippen molar-refractivity contribution in [2.24, 2.45) is 0 Å². The molecule has 0 aliphatic rings. The number of aryl methyl sites for hydroxylation is 1. The molecule has 0 spiro atoms. The minimum atomic E-state index is -0.188. The van der Waals surface area contributed by atoms with Crippen LogP contribution in [0, 0.1) is 6.92 Å². The van der Waals surface area contributed by atoms with Crippen LogP contribution in [0.15, 0.2) is 63.7 Å². The van der Waals surface area contributed by atoms with Crippen molar-refractivity contribution < 1.29 is 9.21 Å². The van der Waals surface area contributed by atoms with E-state index in [0.717, 1.165) is 23.0 Å². The number of thioether (sulfide) groups is 1. The van der Waals surface area contributed by atoms with Crippen LogP contribution in [0.2, 0.25) is 0 Å². The maximum atomic E-state index is 12.2. The molecule has 0 unspecified atom stereocenters. The third kappa shape index (κ3) is 4.44. The number of anilines is 1. The fourth-order valence-electron chi connectivity index (χ4n) is 2.33. The van der Waals surface area contributed by atoms with Crippen LogP contribution < -0.4 is 5.32 Å². The molecule has 3 aromatic heterocycles. The van der Waals surface area contributed by atoms with E-state index in [1.54, 1.807) is 12.3 Å². The SMILES string of the molecule is Cc1ccc(-c2csc(NC(=O)CSc3nnc(-c4ccccn4)o3)n2)cc1. The molecule has 4 rings (SSSR count). The van der Waals surface area contributed by atoms with Crippen molar-refractivity contribution >= 4 is 34.1 Å². The molecule has 0 aliphatic carbocycles. The number of nitrogens with one attached hydrogen (secondary N) is 1.